The zero-order valence-corrected chi connectivity index (χ0v) is 9.50. The van der Waals surface area contributed by atoms with E-state index in [0.29, 0.717) is 6.54 Å². The number of aromatic nitrogens is 4. The van der Waals surface area contributed by atoms with Gasteiger partial charge in [-0.05, 0) is 25.0 Å². The first kappa shape index (κ1) is 10.8. The summed E-state index contributed by atoms with van der Waals surface area (Å²) in [5.41, 5.74) is 2.08. The molecule has 4 nitrogen and oxygen atoms in total. The minimum Gasteiger partial charge on any atom is -0.259 e. The maximum Gasteiger partial charge on any atom is 0.0849 e. The van der Waals surface area contributed by atoms with Gasteiger partial charge in [0.25, 0.3) is 0 Å². The fourth-order valence-electron chi connectivity index (χ4n) is 1.55. The van der Waals surface area contributed by atoms with E-state index in [0.717, 1.165) is 17.8 Å². The van der Waals surface area contributed by atoms with E-state index in [4.69, 9.17) is 0 Å². The van der Waals surface area contributed by atoms with Gasteiger partial charge >= 0.3 is 0 Å². The monoisotopic (exact) mass is 216 g/mol. The van der Waals surface area contributed by atoms with E-state index in [1.165, 1.54) is 12.8 Å². The van der Waals surface area contributed by atoms with Crippen molar-refractivity contribution in [2.24, 2.45) is 0 Å². The van der Waals surface area contributed by atoms with Gasteiger partial charge in [0, 0.05) is 12.4 Å². The van der Waals surface area contributed by atoms with Crippen LogP contribution in [0.4, 0.5) is 0 Å². The first-order valence-electron chi connectivity index (χ1n) is 5.67. The Hall–Kier alpha value is -1.71. The summed E-state index contributed by atoms with van der Waals surface area (Å²) in [7, 11) is 0. The predicted octanol–water partition coefficient (Wildman–Crippen LogP) is 2.06. The molecule has 0 bridgehead atoms. The third kappa shape index (κ3) is 2.89. The molecule has 2 rings (SSSR count). The summed E-state index contributed by atoms with van der Waals surface area (Å²) in [6.07, 6.45) is 7.17. The van der Waals surface area contributed by atoms with E-state index in [1.54, 1.807) is 6.20 Å². The van der Waals surface area contributed by atoms with E-state index in [9.17, 15) is 0 Å². The summed E-state index contributed by atoms with van der Waals surface area (Å²) in [4.78, 5) is 4.26. The van der Waals surface area contributed by atoms with Crippen LogP contribution < -0.4 is 0 Å². The van der Waals surface area contributed by atoms with Crippen molar-refractivity contribution in [1.82, 2.24) is 20.0 Å². The number of hydrogen-bond donors (Lipinski definition) is 0. The van der Waals surface area contributed by atoms with Crippen molar-refractivity contribution in [2.75, 3.05) is 0 Å². The molecule has 0 unspecified atom stereocenters. The summed E-state index contributed by atoms with van der Waals surface area (Å²) in [6, 6.07) is 5.89. The van der Waals surface area contributed by atoms with Gasteiger partial charge in [-0.25, -0.2) is 4.68 Å². The van der Waals surface area contributed by atoms with Gasteiger partial charge in [0.1, 0.15) is 0 Å². The molecule has 0 aromatic carbocycles. The molecule has 2 heterocycles. The van der Waals surface area contributed by atoms with E-state index in [2.05, 4.69) is 22.2 Å². The molecule has 0 saturated carbocycles. The minimum absolute atomic E-state index is 0.694. The van der Waals surface area contributed by atoms with Crippen molar-refractivity contribution in [1.29, 1.82) is 0 Å². The number of hydrogen-bond acceptors (Lipinski definition) is 3. The van der Waals surface area contributed by atoms with Crippen LogP contribution in [0.15, 0.2) is 30.6 Å². The lowest BCUT2D eigenvalue weighted by Gasteiger charge is -1.98. The molecule has 0 amide bonds. The van der Waals surface area contributed by atoms with Crippen LogP contribution in [-0.2, 0) is 13.0 Å². The Morgan fingerprint density at radius 3 is 2.94 bits per heavy atom. The number of pyridine rings is 1. The second-order valence-corrected chi connectivity index (χ2v) is 3.83. The largest absolute Gasteiger partial charge is 0.259 e. The van der Waals surface area contributed by atoms with Crippen LogP contribution >= 0.6 is 0 Å². The van der Waals surface area contributed by atoms with Crippen molar-refractivity contribution in [2.45, 2.75) is 32.7 Å². The molecule has 0 radical (unpaired) electrons. The van der Waals surface area contributed by atoms with Crippen LogP contribution in [-0.4, -0.2) is 20.0 Å². The average molecular weight is 216 g/mol. The highest BCUT2D eigenvalue weighted by Crippen LogP contribution is 2.02. The fourth-order valence-corrected chi connectivity index (χ4v) is 1.55. The summed E-state index contributed by atoms with van der Waals surface area (Å²) < 4.78 is 1.84. The lowest BCUT2D eigenvalue weighted by Crippen LogP contribution is -2.01. The third-order valence-corrected chi connectivity index (χ3v) is 2.42. The molecule has 0 saturated heterocycles. The van der Waals surface area contributed by atoms with E-state index >= 15 is 0 Å². The molecular weight excluding hydrogens is 200 g/mol. The topological polar surface area (TPSA) is 43.6 Å². The Morgan fingerprint density at radius 2 is 2.19 bits per heavy atom. The Bertz CT molecular complexity index is 422. The standard InChI is InChI=1S/C12H16N4/c1-2-3-6-12-10-16(15-14-12)9-11-7-4-5-8-13-11/h4-5,7-8,10H,2-3,6,9H2,1H3. The lowest BCUT2D eigenvalue weighted by atomic mass is 10.2. The van der Waals surface area contributed by atoms with Gasteiger partial charge in [-0.3, -0.25) is 4.98 Å². The summed E-state index contributed by atoms with van der Waals surface area (Å²) >= 11 is 0. The Kier molecular flexibility index (Phi) is 3.64. The Morgan fingerprint density at radius 1 is 1.25 bits per heavy atom. The molecule has 0 aliphatic carbocycles. The van der Waals surface area contributed by atoms with Crippen LogP contribution in [0.25, 0.3) is 0 Å². The molecule has 0 fully saturated rings. The van der Waals surface area contributed by atoms with E-state index in [1.807, 2.05) is 29.1 Å². The van der Waals surface area contributed by atoms with Crippen molar-refractivity contribution >= 4 is 0 Å². The SMILES string of the molecule is CCCCc1cn(Cc2ccccn2)nn1. The van der Waals surface area contributed by atoms with Crippen LogP contribution in [0, 0.1) is 0 Å². The van der Waals surface area contributed by atoms with E-state index < -0.39 is 0 Å². The lowest BCUT2D eigenvalue weighted by molar-refractivity contribution is 0.638. The third-order valence-electron chi connectivity index (χ3n) is 2.42. The summed E-state index contributed by atoms with van der Waals surface area (Å²) in [6.45, 7) is 2.87. The van der Waals surface area contributed by atoms with Crippen molar-refractivity contribution in [3.05, 3.63) is 42.0 Å². The highest BCUT2D eigenvalue weighted by Gasteiger charge is 2.01. The highest BCUT2D eigenvalue weighted by molar-refractivity contribution is 5.04. The quantitative estimate of drug-likeness (QED) is 0.768. The maximum absolute atomic E-state index is 4.26. The van der Waals surface area contributed by atoms with Gasteiger partial charge in [0.2, 0.25) is 0 Å². The van der Waals surface area contributed by atoms with Gasteiger partial charge in [0.05, 0.1) is 17.9 Å². The molecule has 4 heteroatoms. The average Bonchev–Trinajstić information content (AvgIpc) is 2.75. The van der Waals surface area contributed by atoms with Crippen LogP contribution in [0.1, 0.15) is 31.2 Å². The normalized spacial score (nSPS) is 10.6. The highest BCUT2D eigenvalue weighted by atomic mass is 15.4. The molecule has 2 aromatic heterocycles. The second-order valence-electron chi connectivity index (χ2n) is 3.83. The number of nitrogens with zero attached hydrogens (tertiary/aromatic N) is 4. The fraction of sp³-hybridized carbons (Fsp3) is 0.417. The van der Waals surface area contributed by atoms with E-state index in [-0.39, 0.29) is 0 Å². The number of rotatable bonds is 5. The summed E-state index contributed by atoms with van der Waals surface area (Å²) in [5.74, 6) is 0. The first-order valence-corrected chi connectivity index (χ1v) is 5.67. The van der Waals surface area contributed by atoms with Crippen molar-refractivity contribution in [3.8, 4) is 0 Å². The Labute approximate surface area is 95.3 Å². The molecule has 84 valence electrons. The summed E-state index contributed by atoms with van der Waals surface area (Å²) in [5, 5.41) is 8.23. The molecule has 0 aliphatic rings. The Balaban J connectivity index is 1.97. The number of aryl methyl sites for hydroxylation is 1. The zero-order valence-electron chi connectivity index (χ0n) is 9.50. The molecule has 0 N–H and O–H groups in total. The first-order chi connectivity index (χ1) is 7.88. The maximum atomic E-state index is 4.26. The zero-order chi connectivity index (χ0) is 11.2. The molecular formula is C12H16N4. The van der Waals surface area contributed by atoms with Gasteiger partial charge < -0.3 is 0 Å². The van der Waals surface area contributed by atoms with Gasteiger partial charge in [0.15, 0.2) is 0 Å². The van der Waals surface area contributed by atoms with Gasteiger partial charge in [-0.2, -0.15) is 0 Å². The van der Waals surface area contributed by atoms with Crippen molar-refractivity contribution < 1.29 is 0 Å². The predicted molar refractivity (Wildman–Crippen MR) is 62.0 cm³/mol. The molecule has 0 atom stereocenters. The number of unbranched alkanes of at least 4 members (excludes halogenated alkanes) is 1. The second kappa shape index (κ2) is 5.39. The van der Waals surface area contributed by atoms with Gasteiger partial charge in [-0.1, -0.05) is 24.6 Å². The molecule has 0 spiro atoms. The van der Waals surface area contributed by atoms with Crippen LogP contribution in [0.3, 0.4) is 0 Å². The van der Waals surface area contributed by atoms with Crippen molar-refractivity contribution in [3.63, 3.8) is 0 Å². The molecule has 2 aromatic rings. The smallest absolute Gasteiger partial charge is 0.0849 e. The van der Waals surface area contributed by atoms with Crippen LogP contribution in [0.5, 0.6) is 0 Å². The minimum atomic E-state index is 0.694. The van der Waals surface area contributed by atoms with Gasteiger partial charge in [-0.15, -0.1) is 5.10 Å². The molecule has 0 aliphatic heterocycles. The van der Waals surface area contributed by atoms with Crippen LogP contribution in [0.2, 0.25) is 0 Å². The molecule has 16 heavy (non-hydrogen) atoms.